The van der Waals surface area contributed by atoms with Gasteiger partial charge in [0.2, 0.25) is 0 Å². The molecule has 0 aromatic rings. The lowest BCUT2D eigenvalue weighted by molar-refractivity contribution is 0.0897. The smallest absolute Gasteiger partial charge is 0.0197 e. The molecule has 2 fully saturated rings. The van der Waals surface area contributed by atoms with Crippen molar-refractivity contribution >= 4 is 0 Å². The summed E-state index contributed by atoms with van der Waals surface area (Å²) in [6.07, 6.45) is 5.35. The minimum Gasteiger partial charge on any atom is -0.310 e. The third kappa shape index (κ3) is 3.94. The molecule has 106 valence electrons. The van der Waals surface area contributed by atoms with Crippen LogP contribution in [0.3, 0.4) is 0 Å². The van der Waals surface area contributed by atoms with E-state index in [2.05, 4.69) is 42.9 Å². The van der Waals surface area contributed by atoms with Gasteiger partial charge in [0.15, 0.2) is 0 Å². The third-order valence-electron chi connectivity index (χ3n) is 4.54. The van der Waals surface area contributed by atoms with Crippen molar-refractivity contribution in [3.8, 4) is 0 Å². The average molecular weight is 253 g/mol. The Morgan fingerprint density at radius 3 is 2.17 bits per heavy atom. The van der Waals surface area contributed by atoms with E-state index >= 15 is 0 Å². The number of piperidine rings is 2. The maximum atomic E-state index is 3.89. The molecule has 2 aliphatic heterocycles. The second kappa shape index (κ2) is 5.89. The van der Waals surface area contributed by atoms with Crippen molar-refractivity contribution in [3.05, 3.63) is 0 Å². The molecular formula is C15H31N3. The van der Waals surface area contributed by atoms with Gasteiger partial charge in [-0.2, -0.15) is 0 Å². The van der Waals surface area contributed by atoms with Crippen LogP contribution in [0.25, 0.3) is 0 Å². The molecule has 0 spiro atoms. The fraction of sp³-hybridized carbons (Fsp3) is 1.00. The summed E-state index contributed by atoms with van der Waals surface area (Å²) in [7, 11) is 2.25. The van der Waals surface area contributed by atoms with Crippen LogP contribution in [-0.4, -0.2) is 60.6 Å². The summed E-state index contributed by atoms with van der Waals surface area (Å²) >= 11 is 0. The molecule has 1 unspecified atom stereocenters. The molecule has 0 amide bonds. The first-order chi connectivity index (χ1) is 8.45. The molecule has 2 saturated heterocycles. The van der Waals surface area contributed by atoms with Gasteiger partial charge < -0.3 is 10.2 Å². The molecule has 0 radical (unpaired) electrons. The molecule has 1 atom stereocenters. The highest BCUT2D eigenvalue weighted by atomic mass is 15.2. The Morgan fingerprint density at radius 1 is 0.944 bits per heavy atom. The normalized spacial score (nSPS) is 29.7. The van der Waals surface area contributed by atoms with Gasteiger partial charge in [-0.05, 0) is 60.0 Å². The predicted octanol–water partition coefficient (Wildman–Crippen LogP) is 1.93. The molecule has 1 N–H and O–H groups in total. The van der Waals surface area contributed by atoms with Crippen LogP contribution in [0.2, 0.25) is 0 Å². The lowest BCUT2D eigenvalue weighted by Crippen LogP contribution is -2.54. The summed E-state index contributed by atoms with van der Waals surface area (Å²) in [6.45, 7) is 12.0. The van der Waals surface area contributed by atoms with E-state index < -0.39 is 0 Å². The molecule has 0 aromatic heterocycles. The monoisotopic (exact) mass is 253 g/mol. The standard InChI is InChI=1S/C15H31N3/c1-15(2,3)18-10-7-13(8-11-18)16-14-6-5-9-17(4)12-14/h13-14,16H,5-12H2,1-4H3. The fourth-order valence-corrected chi connectivity index (χ4v) is 3.35. The van der Waals surface area contributed by atoms with E-state index in [0.717, 1.165) is 12.1 Å². The van der Waals surface area contributed by atoms with Gasteiger partial charge in [0.25, 0.3) is 0 Å². The maximum Gasteiger partial charge on any atom is 0.0197 e. The molecule has 18 heavy (non-hydrogen) atoms. The largest absolute Gasteiger partial charge is 0.310 e. The van der Waals surface area contributed by atoms with Crippen molar-refractivity contribution in [2.45, 2.75) is 64.1 Å². The first-order valence-corrected chi connectivity index (χ1v) is 7.65. The Kier molecular flexibility index (Phi) is 4.68. The summed E-state index contributed by atoms with van der Waals surface area (Å²) < 4.78 is 0. The van der Waals surface area contributed by atoms with Gasteiger partial charge in [-0.15, -0.1) is 0 Å². The molecule has 2 aliphatic rings. The molecule has 2 rings (SSSR count). The van der Waals surface area contributed by atoms with E-state index in [-0.39, 0.29) is 0 Å². The maximum absolute atomic E-state index is 3.89. The Morgan fingerprint density at radius 2 is 1.61 bits per heavy atom. The quantitative estimate of drug-likeness (QED) is 0.811. The topological polar surface area (TPSA) is 18.5 Å². The van der Waals surface area contributed by atoms with Crippen molar-refractivity contribution < 1.29 is 0 Å². The Hall–Kier alpha value is -0.120. The second-order valence-electron chi connectivity index (χ2n) is 7.20. The number of hydrogen-bond acceptors (Lipinski definition) is 3. The number of nitrogens with one attached hydrogen (secondary N) is 1. The van der Waals surface area contributed by atoms with Gasteiger partial charge in [0.1, 0.15) is 0 Å². The van der Waals surface area contributed by atoms with Gasteiger partial charge in [0, 0.05) is 37.3 Å². The molecule has 0 bridgehead atoms. The van der Waals surface area contributed by atoms with E-state index in [0.29, 0.717) is 5.54 Å². The molecule has 0 aliphatic carbocycles. The number of likely N-dealkylation sites (tertiary alicyclic amines) is 2. The van der Waals surface area contributed by atoms with Crippen LogP contribution in [0.5, 0.6) is 0 Å². The van der Waals surface area contributed by atoms with Gasteiger partial charge in [-0.1, -0.05) is 0 Å². The number of rotatable bonds is 2. The fourth-order valence-electron chi connectivity index (χ4n) is 3.35. The first kappa shape index (κ1) is 14.3. The highest BCUT2D eigenvalue weighted by Gasteiger charge is 2.28. The Labute approximate surface area is 113 Å². The molecule has 3 heteroatoms. The molecule has 0 aromatic carbocycles. The molecular weight excluding hydrogens is 222 g/mol. The Balaban J connectivity index is 1.73. The van der Waals surface area contributed by atoms with Crippen molar-refractivity contribution in [2.75, 3.05) is 33.2 Å². The minimum atomic E-state index is 0.343. The van der Waals surface area contributed by atoms with Crippen LogP contribution >= 0.6 is 0 Å². The van der Waals surface area contributed by atoms with Crippen LogP contribution in [0.15, 0.2) is 0 Å². The zero-order valence-corrected chi connectivity index (χ0v) is 12.7. The predicted molar refractivity (Wildman–Crippen MR) is 78.0 cm³/mol. The third-order valence-corrected chi connectivity index (χ3v) is 4.54. The first-order valence-electron chi connectivity index (χ1n) is 7.65. The second-order valence-corrected chi connectivity index (χ2v) is 7.20. The zero-order chi connectivity index (χ0) is 13.2. The van der Waals surface area contributed by atoms with E-state index in [1.54, 1.807) is 0 Å². The minimum absolute atomic E-state index is 0.343. The molecule has 2 heterocycles. The highest BCUT2D eigenvalue weighted by molar-refractivity contribution is 4.87. The highest BCUT2D eigenvalue weighted by Crippen LogP contribution is 2.21. The van der Waals surface area contributed by atoms with Crippen LogP contribution in [0, 0.1) is 0 Å². The Bertz CT molecular complexity index is 251. The van der Waals surface area contributed by atoms with Gasteiger partial charge in [0.05, 0.1) is 0 Å². The van der Waals surface area contributed by atoms with E-state index in [1.165, 1.54) is 51.9 Å². The van der Waals surface area contributed by atoms with E-state index in [1.807, 2.05) is 0 Å². The number of hydrogen-bond donors (Lipinski definition) is 1. The summed E-state index contributed by atoms with van der Waals surface area (Å²) in [6, 6.07) is 1.48. The molecule has 0 saturated carbocycles. The number of likely N-dealkylation sites (N-methyl/N-ethyl adjacent to an activating group) is 1. The summed E-state index contributed by atoms with van der Waals surface area (Å²) in [5, 5.41) is 3.89. The van der Waals surface area contributed by atoms with Gasteiger partial charge >= 0.3 is 0 Å². The van der Waals surface area contributed by atoms with Crippen molar-refractivity contribution in [3.63, 3.8) is 0 Å². The van der Waals surface area contributed by atoms with Crippen LogP contribution in [0.4, 0.5) is 0 Å². The van der Waals surface area contributed by atoms with Gasteiger partial charge in [-0.3, -0.25) is 4.90 Å². The zero-order valence-electron chi connectivity index (χ0n) is 12.7. The van der Waals surface area contributed by atoms with E-state index in [9.17, 15) is 0 Å². The number of nitrogens with zero attached hydrogens (tertiary/aromatic N) is 2. The lowest BCUT2D eigenvalue weighted by atomic mass is 9.96. The van der Waals surface area contributed by atoms with Crippen LogP contribution in [-0.2, 0) is 0 Å². The van der Waals surface area contributed by atoms with Crippen molar-refractivity contribution in [2.24, 2.45) is 0 Å². The van der Waals surface area contributed by atoms with Crippen LogP contribution < -0.4 is 5.32 Å². The summed E-state index contributed by atoms with van der Waals surface area (Å²) in [4.78, 5) is 5.09. The SMILES string of the molecule is CN1CCCC(NC2CCN(C(C)(C)C)CC2)C1. The average Bonchev–Trinajstić information content (AvgIpc) is 2.28. The lowest BCUT2D eigenvalue weighted by Gasteiger charge is -2.42. The van der Waals surface area contributed by atoms with E-state index in [4.69, 9.17) is 0 Å². The van der Waals surface area contributed by atoms with Crippen molar-refractivity contribution in [1.29, 1.82) is 0 Å². The summed E-state index contributed by atoms with van der Waals surface area (Å²) in [5.74, 6) is 0. The molecule has 3 nitrogen and oxygen atoms in total. The van der Waals surface area contributed by atoms with Crippen molar-refractivity contribution in [1.82, 2.24) is 15.1 Å². The summed E-state index contributed by atoms with van der Waals surface area (Å²) in [5.41, 5.74) is 0.343. The van der Waals surface area contributed by atoms with Gasteiger partial charge in [-0.25, -0.2) is 0 Å². The van der Waals surface area contributed by atoms with Crippen LogP contribution in [0.1, 0.15) is 46.5 Å².